The number of nitrogens with zero attached hydrogens (tertiary/aromatic N) is 5. The van der Waals surface area contributed by atoms with E-state index in [2.05, 4.69) is 25.2 Å². The number of aromatic nitrogens is 4. The molecule has 8 heteroatoms. The van der Waals surface area contributed by atoms with Gasteiger partial charge in [0, 0.05) is 37.0 Å². The fraction of sp³-hybridized carbons (Fsp3) is 0.364. The van der Waals surface area contributed by atoms with E-state index in [1.165, 1.54) is 25.3 Å². The normalized spacial score (nSPS) is 14.2. The number of hydrogen-bond acceptors (Lipinski definition) is 6. The summed E-state index contributed by atoms with van der Waals surface area (Å²) in [6.07, 6.45) is 8.26. The van der Waals surface area contributed by atoms with Gasteiger partial charge in [-0.2, -0.15) is 0 Å². The minimum atomic E-state index is -0.553. The van der Waals surface area contributed by atoms with Crippen LogP contribution < -0.4 is 15.8 Å². The summed E-state index contributed by atoms with van der Waals surface area (Å²) in [4.78, 5) is 27.1. The molecule has 1 fully saturated rings. The van der Waals surface area contributed by atoms with Gasteiger partial charge in [-0.15, -0.1) is 0 Å². The van der Waals surface area contributed by atoms with Crippen molar-refractivity contribution in [3.63, 3.8) is 0 Å². The molecule has 0 unspecified atom stereocenters. The van der Waals surface area contributed by atoms with Crippen LogP contribution in [0.1, 0.15) is 39.2 Å². The molecule has 0 atom stereocenters. The highest BCUT2D eigenvalue weighted by Gasteiger charge is 2.14. The highest BCUT2D eigenvalue weighted by Crippen LogP contribution is 2.23. The molecule has 0 aromatic carbocycles. The molecule has 1 aliphatic heterocycles. The van der Waals surface area contributed by atoms with Crippen molar-refractivity contribution in [2.75, 3.05) is 23.3 Å². The first kappa shape index (κ1) is 20.0. The van der Waals surface area contributed by atoms with Crippen LogP contribution in [0.3, 0.4) is 0 Å². The maximum atomic E-state index is 14.4. The van der Waals surface area contributed by atoms with E-state index in [0.717, 1.165) is 25.0 Å². The van der Waals surface area contributed by atoms with Crippen LogP contribution in [0, 0.1) is 5.82 Å². The lowest BCUT2D eigenvalue weighted by molar-refractivity contribution is 0.577. The topological polar surface area (TPSA) is 75.9 Å². The van der Waals surface area contributed by atoms with E-state index in [9.17, 15) is 9.18 Å². The van der Waals surface area contributed by atoms with Gasteiger partial charge in [0.05, 0.1) is 18.1 Å². The Bertz CT molecular complexity index is 1070. The fourth-order valence-electron chi connectivity index (χ4n) is 3.59. The first-order valence-corrected chi connectivity index (χ1v) is 10.2. The van der Waals surface area contributed by atoms with Crippen LogP contribution in [0.5, 0.6) is 0 Å². The van der Waals surface area contributed by atoms with E-state index in [-0.39, 0.29) is 23.2 Å². The average Bonchev–Trinajstić information content (AvgIpc) is 2.76. The van der Waals surface area contributed by atoms with Crippen LogP contribution in [0.25, 0.3) is 11.3 Å². The predicted molar refractivity (Wildman–Crippen MR) is 116 cm³/mol. The molecule has 0 radical (unpaired) electrons. The molecule has 30 heavy (non-hydrogen) atoms. The van der Waals surface area contributed by atoms with Crippen molar-refractivity contribution in [2.45, 2.75) is 39.2 Å². The number of hydrogen-bond donors (Lipinski definition) is 1. The summed E-state index contributed by atoms with van der Waals surface area (Å²) >= 11 is 0. The molecule has 156 valence electrons. The van der Waals surface area contributed by atoms with Gasteiger partial charge >= 0.3 is 0 Å². The van der Waals surface area contributed by atoms with E-state index in [1.807, 2.05) is 32.2 Å². The summed E-state index contributed by atoms with van der Waals surface area (Å²) in [6, 6.07) is 6.84. The van der Waals surface area contributed by atoms with Crippen LogP contribution in [0.4, 0.5) is 21.8 Å². The molecule has 0 amide bonds. The third-order valence-corrected chi connectivity index (χ3v) is 5.22. The lowest BCUT2D eigenvalue weighted by Crippen LogP contribution is -2.29. The molecule has 0 saturated carbocycles. The van der Waals surface area contributed by atoms with Crippen LogP contribution in [0.2, 0.25) is 0 Å². The Morgan fingerprint density at radius 2 is 1.83 bits per heavy atom. The number of pyridine rings is 2. The highest BCUT2D eigenvalue weighted by molar-refractivity contribution is 5.61. The van der Waals surface area contributed by atoms with Gasteiger partial charge in [0.15, 0.2) is 5.82 Å². The second kappa shape index (κ2) is 8.61. The molecule has 1 aliphatic rings. The first-order chi connectivity index (χ1) is 14.5. The SMILES string of the molecule is CC(C)n1cc(-c2nc(Nc3ccc(N4CCCCC4)cn3)ncc2F)ccc1=O. The zero-order valence-electron chi connectivity index (χ0n) is 17.2. The second-order valence-corrected chi connectivity index (χ2v) is 7.72. The fourth-order valence-corrected chi connectivity index (χ4v) is 3.59. The van der Waals surface area contributed by atoms with Gasteiger partial charge in [0.25, 0.3) is 5.56 Å². The molecule has 0 aliphatic carbocycles. The van der Waals surface area contributed by atoms with Crippen molar-refractivity contribution >= 4 is 17.5 Å². The zero-order chi connectivity index (χ0) is 21.1. The molecule has 1 saturated heterocycles. The third-order valence-electron chi connectivity index (χ3n) is 5.22. The molecular formula is C22H25FN6O. The van der Waals surface area contributed by atoms with Crippen LogP contribution >= 0.6 is 0 Å². The number of piperidine rings is 1. The number of nitrogens with one attached hydrogen (secondary N) is 1. The molecule has 4 rings (SSSR count). The van der Waals surface area contributed by atoms with Gasteiger partial charge in [-0.25, -0.2) is 19.3 Å². The minimum Gasteiger partial charge on any atom is -0.370 e. The minimum absolute atomic E-state index is 0.0393. The Morgan fingerprint density at radius 1 is 1.03 bits per heavy atom. The van der Waals surface area contributed by atoms with Crippen molar-refractivity contribution < 1.29 is 4.39 Å². The standard InChI is InChI=1S/C22H25FN6O/c1-15(2)29-14-16(6-9-20(29)30)21-18(23)13-25-22(27-21)26-19-8-7-17(12-24-19)28-10-4-3-5-11-28/h6-9,12-15H,3-5,10-11H2,1-2H3,(H,24,25,26,27). The Labute approximate surface area is 174 Å². The summed E-state index contributed by atoms with van der Waals surface area (Å²) in [5, 5.41) is 3.03. The lowest BCUT2D eigenvalue weighted by Gasteiger charge is -2.28. The molecule has 0 bridgehead atoms. The molecular weight excluding hydrogens is 383 g/mol. The zero-order valence-corrected chi connectivity index (χ0v) is 17.2. The van der Waals surface area contributed by atoms with Crippen LogP contribution in [-0.4, -0.2) is 32.6 Å². The Hall–Kier alpha value is -3.29. The Kier molecular flexibility index (Phi) is 5.74. The van der Waals surface area contributed by atoms with Gasteiger partial charge in [0.1, 0.15) is 11.5 Å². The summed E-state index contributed by atoms with van der Waals surface area (Å²) in [7, 11) is 0. The highest BCUT2D eigenvalue weighted by atomic mass is 19.1. The van der Waals surface area contributed by atoms with Crippen molar-refractivity contribution in [3.05, 3.63) is 59.0 Å². The van der Waals surface area contributed by atoms with Crippen LogP contribution in [0.15, 0.2) is 47.7 Å². The van der Waals surface area contributed by atoms with Gasteiger partial charge in [-0.1, -0.05) is 0 Å². The van der Waals surface area contributed by atoms with Gasteiger partial charge in [-0.3, -0.25) is 4.79 Å². The van der Waals surface area contributed by atoms with Gasteiger partial charge < -0.3 is 14.8 Å². The van der Waals surface area contributed by atoms with E-state index >= 15 is 0 Å². The molecule has 4 heterocycles. The Morgan fingerprint density at radius 3 is 2.53 bits per heavy atom. The molecule has 0 spiro atoms. The first-order valence-electron chi connectivity index (χ1n) is 10.2. The molecule has 3 aromatic rings. The van der Waals surface area contributed by atoms with E-state index in [0.29, 0.717) is 11.4 Å². The largest absolute Gasteiger partial charge is 0.370 e. The molecule has 3 aromatic heterocycles. The number of anilines is 3. The van der Waals surface area contributed by atoms with E-state index in [1.54, 1.807) is 16.8 Å². The smallest absolute Gasteiger partial charge is 0.250 e. The van der Waals surface area contributed by atoms with E-state index in [4.69, 9.17) is 0 Å². The lowest BCUT2D eigenvalue weighted by atomic mass is 10.1. The summed E-state index contributed by atoms with van der Waals surface area (Å²) < 4.78 is 16.0. The molecule has 1 N–H and O–H groups in total. The van der Waals surface area contributed by atoms with Crippen molar-refractivity contribution in [1.82, 2.24) is 19.5 Å². The van der Waals surface area contributed by atoms with E-state index < -0.39 is 5.82 Å². The Balaban J connectivity index is 1.56. The summed E-state index contributed by atoms with van der Waals surface area (Å²) in [5.74, 6) is 0.273. The second-order valence-electron chi connectivity index (χ2n) is 7.72. The average molecular weight is 408 g/mol. The van der Waals surface area contributed by atoms with Crippen molar-refractivity contribution in [2.24, 2.45) is 0 Å². The van der Waals surface area contributed by atoms with Gasteiger partial charge in [-0.05, 0) is 51.3 Å². The maximum Gasteiger partial charge on any atom is 0.250 e. The summed E-state index contributed by atoms with van der Waals surface area (Å²) in [5.41, 5.74) is 1.60. The van der Waals surface area contributed by atoms with Crippen molar-refractivity contribution in [3.8, 4) is 11.3 Å². The quantitative estimate of drug-likeness (QED) is 0.683. The van der Waals surface area contributed by atoms with Crippen LogP contribution in [-0.2, 0) is 0 Å². The molecule has 7 nitrogen and oxygen atoms in total. The monoisotopic (exact) mass is 408 g/mol. The van der Waals surface area contributed by atoms with Gasteiger partial charge in [0.2, 0.25) is 5.95 Å². The summed E-state index contributed by atoms with van der Waals surface area (Å²) in [6.45, 7) is 5.90. The predicted octanol–water partition coefficient (Wildman–Crippen LogP) is 4.15. The third kappa shape index (κ3) is 4.32. The number of rotatable bonds is 5. The number of halogens is 1. The van der Waals surface area contributed by atoms with Crippen molar-refractivity contribution in [1.29, 1.82) is 0 Å². The maximum absolute atomic E-state index is 14.4.